The molecule has 3 heterocycles. The second-order valence-corrected chi connectivity index (χ2v) is 10.5. The first-order valence-corrected chi connectivity index (χ1v) is 12.4. The zero-order valence-electron chi connectivity index (χ0n) is 16.2. The molecule has 0 bridgehead atoms. The van der Waals surface area contributed by atoms with E-state index in [1.807, 2.05) is 4.57 Å². The minimum Gasteiger partial charge on any atom is -0.355 e. The molecule has 2 aliphatic carbocycles. The first-order valence-electron chi connectivity index (χ1n) is 10.7. The highest BCUT2D eigenvalue weighted by atomic mass is 32.2. The van der Waals surface area contributed by atoms with Gasteiger partial charge in [0.25, 0.3) is 5.56 Å². The summed E-state index contributed by atoms with van der Waals surface area (Å²) in [4.78, 5) is 33.5. The van der Waals surface area contributed by atoms with E-state index in [9.17, 15) is 9.59 Å². The Labute approximate surface area is 173 Å². The van der Waals surface area contributed by atoms with Crippen molar-refractivity contribution in [3.63, 3.8) is 0 Å². The first-order chi connectivity index (χ1) is 13.7. The Kier molecular flexibility index (Phi) is 5.22. The number of carbonyl (C=O) groups is 1. The molecule has 1 N–H and O–H groups in total. The average molecular weight is 418 g/mol. The fourth-order valence-electron chi connectivity index (χ4n) is 4.92. The van der Waals surface area contributed by atoms with Gasteiger partial charge in [-0.2, -0.15) is 0 Å². The van der Waals surface area contributed by atoms with Gasteiger partial charge < -0.3 is 5.32 Å². The molecule has 0 unspecified atom stereocenters. The van der Waals surface area contributed by atoms with Crippen LogP contribution in [0.25, 0.3) is 10.2 Å². The van der Waals surface area contributed by atoms with Gasteiger partial charge in [0.2, 0.25) is 5.91 Å². The van der Waals surface area contributed by atoms with Crippen LogP contribution in [0.2, 0.25) is 0 Å². The maximum absolute atomic E-state index is 13.7. The Morgan fingerprint density at radius 3 is 2.64 bits per heavy atom. The summed E-state index contributed by atoms with van der Waals surface area (Å²) in [6.07, 6.45) is 11.8. The molecule has 1 atom stereocenters. The smallest absolute Gasteiger partial charge is 0.263 e. The molecule has 0 radical (unpaired) electrons. The van der Waals surface area contributed by atoms with Gasteiger partial charge in [-0.05, 0) is 56.9 Å². The Morgan fingerprint density at radius 1 is 1.00 bits per heavy atom. The van der Waals surface area contributed by atoms with Crippen LogP contribution in [0, 0.1) is 0 Å². The summed E-state index contributed by atoms with van der Waals surface area (Å²) in [5, 5.41) is 4.52. The molecule has 3 aliphatic rings. The second kappa shape index (κ2) is 7.82. The fourth-order valence-corrected chi connectivity index (χ4v) is 7.45. The van der Waals surface area contributed by atoms with Crippen LogP contribution < -0.4 is 10.9 Å². The quantitative estimate of drug-likeness (QED) is 0.760. The van der Waals surface area contributed by atoms with Crippen LogP contribution in [0.5, 0.6) is 0 Å². The Morgan fingerprint density at radius 2 is 1.79 bits per heavy atom. The van der Waals surface area contributed by atoms with Crippen molar-refractivity contribution in [1.29, 1.82) is 0 Å². The van der Waals surface area contributed by atoms with Crippen molar-refractivity contribution >= 4 is 39.2 Å². The third kappa shape index (κ3) is 3.30. The van der Waals surface area contributed by atoms with Gasteiger partial charge in [-0.1, -0.05) is 31.0 Å². The first kappa shape index (κ1) is 18.7. The summed E-state index contributed by atoms with van der Waals surface area (Å²) >= 11 is 3.23. The number of rotatable bonds is 3. The molecule has 5 rings (SSSR count). The van der Waals surface area contributed by atoms with Crippen molar-refractivity contribution in [2.45, 2.75) is 87.1 Å². The standard InChI is InChI=1S/C21H27N3O2S2/c25-18-16(11-5-6-12-22-18)28-21-23-19-17(14-9-3-4-10-15(14)27-19)20(26)24(21)13-7-1-2-8-13/h13,16H,1-12H2,(H,22,25)/t16-/m1/s1. The lowest BCUT2D eigenvalue weighted by Gasteiger charge is -2.20. The number of amides is 1. The van der Waals surface area contributed by atoms with Crippen molar-refractivity contribution in [2.24, 2.45) is 0 Å². The van der Waals surface area contributed by atoms with Crippen LogP contribution in [0.3, 0.4) is 0 Å². The zero-order valence-corrected chi connectivity index (χ0v) is 17.8. The molecule has 0 spiro atoms. The molecule has 5 nitrogen and oxygen atoms in total. The number of nitrogens with one attached hydrogen (secondary N) is 1. The van der Waals surface area contributed by atoms with Gasteiger partial charge in [0.05, 0.1) is 10.6 Å². The highest BCUT2D eigenvalue weighted by molar-refractivity contribution is 8.00. The number of thiophene rings is 1. The third-order valence-corrected chi connectivity index (χ3v) is 8.83. The molecule has 1 amide bonds. The van der Waals surface area contributed by atoms with E-state index in [1.54, 1.807) is 11.3 Å². The molecule has 2 fully saturated rings. The number of hydrogen-bond acceptors (Lipinski definition) is 5. The van der Waals surface area contributed by atoms with E-state index >= 15 is 0 Å². The molecule has 150 valence electrons. The van der Waals surface area contributed by atoms with Gasteiger partial charge in [0, 0.05) is 17.5 Å². The summed E-state index contributed by atoms with van der Waals surface area (Å²) in [6.45, 7) is 0.759. The number of fused-ring (bicyclic) bond motifs is 3. The predicted molar refractivity (Wildman–Crippen MR) is 115 cm³/mol. The van der Waals surface area contributed by atoms with Crippen molar-refractivity contribution in [3.05, 3.63) is 20.8 Å². The van der Waals surface area contributed by atoms with E-state index in [2.05, 4.69) is 5.32 Å². The Bertz CT molecular complexity index is 959. The minimum atomic E-state index is -0.144. The molecule has 1 saturated carbocycles. The Hall–Kier alpha value is -1.34. The van der Waals surface area contributed by atoms with E-state index in [0.717, 1.165) is 66.9 Å². The summed E-state index contributed by atoms with van der Waals surface area (Å²) in [6, 6.07) is 0.236. The highest BCUT2D eigenvalue weighted by Gasteiger charge is 2.30. The van der Waals surface area contributed by atoms with Crippen molar-refractivity contribution < 1.29 is 4.79 Å². The largest absolute Gasteiger partial charge is 0.355 e. The maximum atomic E-state index is 13.7. The molecule has 28 heavy (non-hydrogen) atoms. The Balaban J connectivity index is 1.63. The highest BCUT2D eigenvalue weighted by Crippen LogP contribution is 2.38. The number of aromatic nitrogens is 2. The summed E-state index contributed by atoms with van der Waals surface area (Å²) < 4.78 is 1.97. The monoisotopic (exact) mass is 417 g/mol. The van der Waals surface area contributed by atoms with Crippen LogP contribution >= 0.6 is 23.1 Å². The second-order valence-electron chi connectivity index (χ2n) is 8.29. The van der Waals surface area contributed by atoms with Gasteiger partial charge in [-0.3, -0.25) is 14.2 Å². The van der Waals surface area contributed by atoms with E-state index < -0.39 is 0 Å². The number of hydrogen-bond donors (Lipinski definition) is 1. The van der Waals surface area contributed by atoms with Crippen molar-refractivity contribution in [1.82, 2.24) is 14.9 Å². The van der Waals surface area contributed by atoms with E-state index in [-0.39, 0.29) is 22.8 Å². The summed E-state index contributed by atoms with van der Waals surface area (Å²) in [5.74, 6) is 0.0975. The lowest BCUT2D eigenvalue weighted by molar-refractivity contribution is -0.120. The van der Waals surface area contributed by atoms with Gasteiger partial charge >= 0.3 is 0 Å². The third-order valence-electron chi connectivity index (χ3n) is 6.41. The minimum absolute atomic E-state index is 0.0975. The summed E-state index contributed by atoms with van der Waals surface area (Å²) in [5.41, 5.74) is 1.41. The lowest BCUT2D eigenvalue weighted by atomic mass is 9.97. The normalized spacial score (nSPS) is 23.6. The summed E-state index contributed by atoms with van der Waals surface area (Å²) in [7, 11) is 0. The predicted octanol–water partition coefficient (Wildman–Crippen LogP) is 4.21. The zero-order chi connectivity index (χ0) is 19.1. The van der Waals surface area contributed by atoms with Crippen LogP contribution in [0.4, 0.5) is 0 Å². The van der Waals surface area contributed by atoms with Crippen molar-refractivity contribution in [2.75, 3.05) is 6.54 Å². The molecular formula is C21H27N3O2S2. The van der Waals surface area contributed by atoms with Crippen LogP contribution in [0.15, 0.2) is 9.95 Å². The number of nitrogens with zero attached hydrogens (tertiary/aromatic N) is 2. The molecule has 2 aromatic rings. The molecule has 1 saturated heterocycles. The van der Waals surface area contributed by atoms with E-state index in [0.29, 0.717) is 0 Å². The molecular weight excluding hydrogens is 390 g/mol. The molecule has 1 aliphatic heterocycles. The lowest BCUT2D eigenvalue weighted by Crippen LogP contribution is -2.32. The molecule has 2 aromatic heterocycles. The van der Waals surface area contributed by atoms with E-state index in [4.69, 9.17) is 4.98 Å². The van der Waals surface area contributed by atoms with Gasteiger partial charge in [0.15, 0.2) is 5.16 Å². The number of carbonyl (C=O) groups excluding carboxylic acids is 1. The van der Waals surface area contributed by atoms with Crippen molar-refractivity contribution in [3.8, 4) is 0 Å². The maximum Gasteiger partial charge on any atom is 0.263 e. The number of thioether (sulfide) groups is 1. The van der Waals surface area contributed by atoms with Crippen LogP contribution in [-0.4, -0.2) is 27.3 Å². The fraction of sp³-hybridized carbons (Fsp3) is 0.667. The van der Waals surface area contributed by atoms with Gasteiger partial charge in [0.1, 0.15) is 4.83 Å². The SMILES string of the molecule is O=C1NCCCC[C@H]1Sc1nc2sc3c(c2c(=O)n1C1CCCC1)CCCC3. The number of aryl methyl sites for hydroxylation is 2. The molecule has 7 heteroatoms. The van der Waals surface area contributed by atoms with Crippen LogP contribution in [-0.2, 0) is 17.6 Å². The van der Waals surface area contributed by atoms with Crippen LogP contribution in [0.1, 0.15) is 74.3 Å². The van der Waals surface area contributed by atoms with Gasteiger partial charge in [-0.25, -0.2) is 4.98 Å². The van der Waals surface area contributed by atoms with Gasteiger partial charge in [-0.15, -0.1) is 11.3 Å². The van der Waals surface area contributed by atoms with E-state index in [1.165, 1.54) is 47.9 Å². The topological polar surface area (TPSA) is 64.0 Å². The molecule has 0 aromatic carbocycles. The average Bonchev–Trinajstić information content (AvgIpc) is 3.29.